The van der Waals surface area contributed by atoms with E-state index in [0.717, 1.165) is 29.8 Å². The fourth-order valence-electron chi connectivity index (χ4n) is 3.41. The Bertz CT molecular complexity index is 1110. The SMILES string of the molecule is CCCCN(CC(=O)Nc1cc(C(C)(C)C)nn1-c1ccccc1)C(=O)/C=C/c1ccccc1. The van der Waals surface area contributed by atoms with Crippen LogP contribution in [0.3, 0.4) is 0 Å². The second-order valence-corrected chi connectivity index (χ2v) is 9.32. The van der Waals surface area contributed by atoms with Crippen molar-refractivity contribution >= 4 is 23.7 Å². The summed E-state index contributed by atoms with van der Waals surface area (Å²) in [5.41, 5.74) is 2.50. The van der Waals surface area contributed by atoms with Crippen LogP contribution in [0.2, 0.25) is 0 Å². The summed E-state index contributed by atoms with van der Waals surface area (Å²) >= 11 is 0. The van der Waals surface area contributed by atoms with Gasteiger partial charge in [0.05, 0.1) is 11.4 Å². The second kappa shape index (κ2) is 11.5. The fourth-order valence-corrected chi connectivity index (χ4v) is 3.41. The lowest BCUT2D eigenvalue weighted by Crippen LogP contribution is -2.38. The van der Waals surface area contributed by atoms with Crippen LogP contribution >= 0.6 is 0 Å². The van der Waals surface area contributed by atoms with Crippen molar-refractivity contribution in [3.05, 3.63) is 84.1 Å². The van der Waals surface area contributed by atoms with Gasteiger partial charge in [-0.05, 0) is 30.2 Å². The number of benzene rings is 2. The zero-order chi connectivity index (χ0) is 24.6. The Morgan fingerprint density at radius 1 is 1.03 bits per heavy atom. The fraction of sp³-hybridized carbons (Fsp3) is 0.321. The summed E-state index contributed by atoms with van der Waals surface area (Å²) in [7, 11) is 0. The number of anilines is 1. The molecule has 2 aromatic carbocycles. The maximum atomic E-state index is 13.0. The van der Waals surface area contributed by atoms with Gasteiger partial charge in [-0.2, -0.15) is 5.10 Å². The molecule has 0 aliphatic carbocycles. The Labute approximate surface area is 202 Å². The molecular formula is C28H34N4O2. The summed E-state index contributed by atoms with van der Waals surface area (Å²) in [5, 5.41) is 7.72. The minimum absolute atomic E-state index is 0.0250. The number of nitrogens with one attached hydrogen (secondary N) is 1. The maximum Gasteiger partial charge on any atom is 0.247 e. The number of hydrogen-bond acceptors (Lipinski definition) is 3. The standard InChI is InChI=1S/C28H34N4O2/c1-5-6-19-31(27(34)18-17-22-13-9-7-10-14-22)21-26(33)29-25-20-24(28(2,3)4)30-32(25)23-15-11-8-12-16-23/h7-18,20H,5-6,19,21H2,1-4H3,(H,29,33)/b18-17+. The first-order valence-electron chi connectivity index (χ1n) is 11.8. The maximum absolute atomic E-state index is 13.0. The third-order valence-corrected chi connectivity index (χ3v) is 5.39. The lowest BCUT2D eigenvalue weighted by molar-refractivity contribution is -0.130. The number of aromatic nitrogens is 2. The normalized spacial score (nSPS) is 11.5. The first kappa shape index (κ1) is 25.0. The predicted octanol–water partition coefficient (Wildman–Crippen LogP) is 5.45. The van der Waals surface area contributed by atoms with E-state index in [1.54, 1.807) is 15.7 Å². The van der Waals surface area contributed by atoms with Crippen molar-refractivity contribution in [1.29, 1.82) is 0 Å². The van der Waals surface area contributed by atoms with E-state index in [1.165, 1.54) is 6.08 Å². The monoisotopic (exact) mass is 458 g/mol. The molecule has 1 aromatic heterocycles. The van der Waals surface area contributed by atoms with Crippen LogP contribution in [0.15, 0.2) is 72.8 Å². The van der Waals surface area contributed by atoms with Gasteiger partial charge in [-0.3, -0.25) is 9.59 Å². The number of unbranched alkanes of at least 4 members (excludes halogenated alkanes) is 1. The van der Waals surface area contributed by atoms with Crippen LogP contribution in [0.25, 0.3) is 11.8 Å². The Morgan fingerprint density at radius 2 is 1.68 bits per heavy atom. The van der Waals surface area contributed by atoms with Crippen molar-refractivity contribution < 1.29 is 9.59 Å². The van der Waals surface area contributed by atoms with E-state index >= 15 is 0 Å². The highest BCUT2D eigenvalue weighted by Crippen LogP contribution is 2.26. The Kier molecular flexibility index (Phi) is 8.41. The number of rotatable bonds is 9. The summed E-state index contributed by atoms with van der Waals surface area (Å²) in [6.45, 7) is 8.81. The molecule has 0 saturated heterocycles. The van der Waals surface area contributed by atoms with Crippen LogP contribution in [-0.4, -0.2) is 39.6 Å². The average molecular weight is 459 g/mol. The average Bonchev–Trinajstić information content (AvgIpc) is 3.25. The van der Waals surface area contributed by atoms with E-state index in [4.69, 9.17) is 5.10 Å². The van der Waals surface area contributed by atoms with Gasteiger partial charge in [0.2, 0.25) is 11.8 Å². The molecule has 0 aliphatic heterocycles. The molecule has 0 bridgehead atoms. The number of nitrogens with zero attached hydrogens (tertiary/aromatic N) is 3. The van der Waals surface area contributed by atoms with Gasteiger partial charge in [0.1, 0.15) is 12.4 Å². The van der Waals surface area contributed by atoms with E-state index in [2.05, 4.69) is 33.0 Å². The Balaban J connectivity index is 1.78. The number of hydrogen-bond donors (Lipinski definition) is 1. The highest BCUT2D eigenvalue weighted by molar-refractivity contribution is 5.97. The molecule has 0 atom stereocenters. The molecular weight excluding hydrogens is 424 g/mol. The van der Waals surface area contributed by atoms with Crippen molar-refractivity contribution in [2.75, 3.05) is 18.4 Å². The van der Waals surface area contributed by atoms with Crippen LogP contribution in [0.5, 0.6) is 0 Å². The summed E-state index contributed by atoms with van der Waals surface area (Å²) in [6, 6.07) is 21.3. The molecule has 2 amide bonds. The Hall–Kier alpha value is -3.67. The van der Waals surface area contributed by atoms with Crippen LogP contribution in [0, 0.1) is 0 Å². The second-order valence-electron chi connectivity index (χ2n) is 9.32. The number of carbonyl (C=O) groups excluding carboxylic acids is 2. The first-order chi connectivity index (χ1) is 16.3. The van der Waals surface area contributed by atoms with Crippen molar-refractivity contribution in [1.82, 2.24) is 14.7 Å². The smallest absolute Gasteiger partial charge is 0.247 e. The molecule has 6 heteroatoms. The van der Waals surface area contributed by atoms with E-state index < -0.39 is 0 Å². The van der Waals surface area contributed by atoms with E-state index in [-0.39, 0.29) is 23.8 Å². The van der Waals surface area contributed by atoms with Gasteiger partial charge in [-0.25, -0.2) is 4.68 Å². The molecule has 1 N–H and O–H groups in total. The van der Waals surface area contributed by atoms with E-state index in [9.17, 15) is 9.59 Å². The topological polar surface area (TPSA) is 67.2 Å². The molecule has 0 fully saturated rings. The summed E-state index contributed by atoms with van der Waals surface area (Å²) in [6.07, 6.45) is 5.07. The highest BCUT2D eigenvalue weighted by atomic mass is 16.2. The first-order valence-corrected chi connectivity index (χ1v) is 11.8. The minimum atomic E-state index is -0.255. The molecule has 0 spiro atoms. The van der Waals surface area contributed by atoms with Crippen LogP contribution in [-0.2, 0) is 15.0 Å². The molecule has 0 unspecified atom stereocenters. The quantitative estimate of drug-likeness (QED) is 0.434. The van der Waals surface area contributed by atoms with Gasteiger partial charge in [-0.15, -0.1) is 0 Å². The molecule has 3 aromatic rings. The lowest BCUT2D eigenvalue weighted by atomic mass is 9.92. The van der Waals surface area contributed by atoms with Gasteiger partial charge in [0.15, 0.2) is 0 Å². The number of carbonyl (C=O) groups is 2. The van der Waals surface area contributed by atoms with E-state index in [0.29, 0.717) is 12.4 Å². The molecule has 34 heavy (non-hydrogen) atoms. The third-order valence-electron chi connectivity index (χ3n) is 5.39. The molecule has 0 radical (unpaired) electrons. The van der Waals surface area contributed by atoms with Crippen LogP contribution < -0.4 is 5.32 Å². The third kappa shape index (κ3) is 6.91. The molecule has 178 valence electrons. The van der Waals surface area contributed by atoms with Gasteiger partial charge >= 0.3 is 0 Å². The minimum Gasteiger partial charge on any atom is -0.330 e. The Morgan fingerprint density at radius 3 is 2.29 bits per heavy atom. The highest BCUT2D eigenvalue weighted by Gasteiger charge is 2.22. The van der Waals surface area contributed by atoms with Gasteiger partial charge in [-0.1, -0.05) is 82.6 Å². The molecule has 0 saturated carbocycles. The summed E-state index contributed by atoms with van der Waals surface area (Å²) < 4.78 is 1.74. The van der Waals surface area contributed by atoms with Gasteiger partial charge < -0.3 is 10.2 Å². The molecule has 6 nitrogen and oxygen atoms in total. The molecule has 0 aliphatic rings. The largest absolute Gasteiger partial charge is 0.330 e. The number of para-hydroxylation sites is 1. The number of amides is 2. The van der Waals surface area contributed by atoms with Crippen molar-refractivity contribution in [3.63, 3.8) is 0 Å². The van der Waals surface area contributed by atoms with Crippen molar-refractivity contribution in [2.45, 2.75) is 46.0 Å². The zero-order valence-corrected chi connectivity index (χ0v) is 20.5. The lowest BCUT2D eigenvalue weighted by Gasteiger charge is -2.20. The summed E-state index contributed by atoms with van der Waals surface area (Å²) in [4.78, 5) is 27.5. The molecule has 3 rings (SSSR count). The van der Waals surface area contributed by atoms with Gasteiger partial charge in [0.25, 0.3) is 0 Å². The molecule has 1 heterocycles. The zero-order valence-electron chi connectivity index (χ0n) is 20.5. The predicted molar refractivity (Wildman–Crippen MR) is 138 cm³/mol. The van der Waals surface area contributed by atoms with Crippen molar-refractivity contribution in [2.24, 2.45) is 0 Å². The van der Waals surface area contributed by atoms with Gasteiger partial charge in [0, 0.05) is 24.1 Å². The van der Waals surface area contributed by atoms with Crippen LogP contribution in [0.4, 0.5) is 5.82 Å². The summed E-state index contributed by atoms with van der Waals surface area (Å²) in [5.74, 6) is 0.151. The van der Waals surface area contributed by atoms with E-state index in [1.807, 2.05) is 66.7 Å². The van der Waals surface area contributed by atoms with Crippen LogP contribution in [0.1, 0.15) is 51.8 Å². The van der Waals surface area contributed by atoms with Crippen molar-refractivity contribution in [3.8, 4) is 5.69 Å².